The van der Waals surface area contributed by atoms with Crippen molar-refractivity contribution in [3.8, 4) is 0 Å². The molecule has 0 fully saturated rings. The zero-order valence-corrected chi connectivity index (χ0v) is 16.0. The molecular formula is C22H22ClN3O. The van der Waals surface area contributed by atoms with E-state index in [0.717, 1.165) is 24.2 Å². The first-order chi connectivity index (χ1) is 13.1. The maximum atomic E-state index is 13.1. The number of amides is 2. The average Bonchev–Trinajstić information content (AvgIpc) is 3.14. The van der Waals surface area contributed by atoms with Crippen LogP contribution in [0, 0.1) is 6.92 Å². The van der Waals surface area contributed by atoms with Crippen LogP contribution in [0.1, 0.15) is 22.9 Å². The molecule has 1 aliphatic heterocycles. The van der Waals surface area contributed by atoms with Crippen molar-refractivity contribution in [2.45, 2.75) is 25.9 Å². The predicted octanol–water partition coefficient (Wildman–Crippen LogP) is 5.28. The number of halogens is 1. The molecule has 0 saturated carbocycles. The molecule has 3 aromatic rings. The Kier molecular flexibility index (Phi) is 4.90. The number of nitrogens with zero attached hydrogens (tertiary/aromatic N) is 2. The first-order valence-electron chi connectivity index (χ1n) is 9.14. The minimum absolute atomic E-state index is 0.0135. The van der Waals surface area contributed by atoms with Crippen LogP contribution >= 0.6 is 11.6 Å². The van der Waals surface area contributed by atoms with E-state index in [4.69, 9.17) is 11.6 Å². The number of nitrogens with one attached hydrogen (secondary N) is 1. The van der Waals surface area contributed by atoms with Crippen LogP contribution in [-0.4, -0.2) is 22.0 Å². The van der Waals surface area contributed by atoms with Crippen LogP contribution in [0.15, 0.2) is 66.9 Å². The Morgan fingerprint density at radius 1 is 1.11 bits per heavy atom. The summed E-state index contributed by atoms with van der Waals surface area (Å²) >= 11 is 6.30. The SMILES string of the molecule is Cc1ccc(NC(=O)N2CCn3cccc3[C@H]2Cc2ccccc2)c(Cl)c1. The summed E-state index contributed by atoms with van der Waals surface area (Å²) in [6.07, 6.45) is 2.86. The molecule has 2 amide bonds. The van der Waals surface area contributed by atoms with Gasteiger partial charge in [0, 0.05) is 25.0 Å². The third kappa shape index (κ3) is 3.71. The second-order valence-electron chi connectivity index (χ2n) is 6.94. The van der Waals surface area contributed by atoms with Crippen molar-refractivity contribution in [3.63, 3.8) is 0 Å². The molecule has 1 N–H and O–H groups in total. The third-order valence-corrected chi connectivity index (χ3v) is 5.38. The van der Waals surface area contributed by atoms with E-state index in [0.29, 0.717) is 17.3 Å². The van der Waals surface area contributed by atoms with Gasteiger partial charge in [0.05, 0.1) is 16.8 Å². The van der Waals surface area contributed by atoms with E-state index >= 15 is 0 Å². The van der Waals surface area contributed by atoms with Crippen molar-refractivity contribution < 1.29 is 4.79 Å². The second-order valence-corrected chi connectivity index (χ2v) is 7.35. The van der Waals surface area contributed by atoms with Gasteiger partial charge in [-0.3, -0.25) is 0 Å². The second kappa shape index (κ2) is 7.49. The number of anilines is 1. The maximum Gasteiger partial charge on any atom is 0.322 e. The van der Waals surface area contributed by atoms with Crippen LogP contribution in [0.2, 0.25) is 5.02 Å². The van der Waals surface area contributed by atoms with Crippen molar-refractivity contribution in [1.29, 1.82) is 0 Å². The van der Waals surface area contributed by atoms with Crippen LogP contribution in [0.5, 0.6) is 0 Å². The summed E-state index contributed by atoms with van der Waals surface area (Å²) in [7, 11) is 0. The van der Waals surface area contributed by atoms with Crippen LogP contribution in [-0.2, 0) is 13.0 Å². The Balaban J connectivity index is 1.60. The molecule has 0 saturated heterocycles. The molecule has 4 nitrogen and oxygen atoms in total. The van der Waals surface area contributed by atoms with Gasteiger partial charge in [0.2, 0.25) is 0 Å². The molecule has 2 heterocycles. The van der Waals surface area contributed by atoms with Gasteiger partial charge >= 0.3 is 6.03 Å². The minimum atomic E-state index is -0.117. The fraction of sp³-hybridized carbons (Fsp3) is 0.227. The summed E-state index contributed by atoms with van der Waals surface area (Å²) in [5.41, 5.74) is 4.08. The van der Waals surface area contributed by atoms with Gasteiger partial charge in [-0.2, -0.15) is 0 Å². The van der Waals surface area contributed by atoms with Gasteiger partial charge in [0.15, 0.2) is 0 Å². The summed E-state index contributed by atoms with van der Waals surface area (Å²) in [6, 6.07) is 20.0. The fourth-order valence-electron chi connectivity index (χ4n) is 3.67. The molecule has 4 rings (SSSR count). The van der Waals surface area contributed by atoms with Crippen molar-refractivity contribution in [1.82, 2.24) is 9.47 Å². The topological polar surface area (TPSA) is 37.3 Å². The summed E-state index contributed by atoms with van der Waals surface area (Å²) in [4.78, 5) is 15.0. The van der Waals surface area contributed by atoms with Gasteiger partial charge in [-0.15, -0.1) is 0 Å². The molecule has 5 heteroatoms. The molecule has 0 spiro atoms. The smallest absolute Gasteiger partial charge is 0.322 e. The molecule has 27 heavy (non-hydrogen) atoms. The lowest BCUT2D eigenvalue weighted by Crippen LogP contribution is -2.44. The number of carbonyl (C=O) groups excluding carboxylic acids is 1. The lowest BCUT2D eigenvalue weighted by Gasteiger charge is -2.37. The summed E-state index contributed by atoms with van der Waals surface area (Å²) in [6.45, 7) is 3.43. The summed E-state index contributed by atoms with van der Waals surface area (Å²) < 4.78 is 2.23. The van der Waals surface area contributed by atoms with E-state index in [-0.39, 0.29) is 12.1 Å². The Bertz CT molecular complexity index is 951. The Hall–Kier alpha value is -2.72. The minimum Gasteiger partial charge on any atom is -0.348 e. The average molecular weight is 380 g/mol. The summed E-state index contributed by atoms with van der Waals surface area (Å²) in [5.74, 6) is 0. The zero-order chi connectivity index (χ0) is 18.8. The van der Waals surface area contributed by atoms with Crippen LogP contribution in [0.3, 0.4) is 0 Å². The number of urea groups is 1. The zero-order valence-electron chi connectivity index (χ0n) is 15.2. The number of aromatic nitrogens is 1. The quantitative estimate of drug-likeness (QED) is 0.660. The van der Waals surface area contributed by atoms with Crippen LogP contribution in [0.25, 0.3) is 0 Å². The van der Waals surface area contributed by atoms with Gasteiger partial charge in [0.25, 0.3) is 0 Å². The molecule has 0 unspecified atom stereocenters. The molecule has 0 bridgehead atoms. The van der Waals surface area contributed by atoms with E-state index in [1.807, 2.05) is 54.3 Å². The van der Waals surface area contributed by atoms with Gasteiger partial charge < -0.3 is 14.8 Å². The summed E-state index contributed by atoms with van der Waals surface area (Å²) in [5, 5.41) is 3.55. The molecule has 1 aromatic heterocycles. The highest BCUT2D eigenvalue weighted by Gasteiger charge is 2.31. The van der Waals surface area contributed by atoms with E-state index < -0.39 is 0 Å². The highest BCUT2D eigenvalue weighted by Crippen LogP contribution is 2.31. The third-order valence-electron chi connectivity index (χ3n) is 5.06. The largest absolute Gasteiger partial charge is 0.348 e. The number of aryl methyl sites for hydroxylation is 1. The molecule has 2 aromatic carbocycles. The number of hydrogen-bond donors (Lipinski definition) is 1. The highest BCUT2D eigenvalue weighted by molar-refractivity contribution is 6.33. The first-order valence-corrected chi connectivity index (χ1v) is 9.52. The molecule has 1 aliphatic rings. The van der Waals surface area contributed by atoms with E-state index in [1.54, 1.807) is 0 Å². The van der Waals surface area contributed by atoms with Gasteiger partial charge in [-0.1, -0.05) is 48.0 Å². The molecule has 138 valence electrons. The van der Waals surface area contributed by atoms with Crippen molar-refractivity contribution in [2.24, 2.45) is 0 Å². The van der Waals surface area contributed by atoms with Crippen LogP contribution in [0.4, 0.5) is 10.5 Å². The number of benzene rings is 2. The molecule has 1 atom stereocenters. The monoisotopic (exact) mass is 379 g/mol. The highest BCUT2D eigenvalue weighted by atomic mass is 35.5. The van der Waals surface area contributed by atoms with Crippen molar-refractivity contribution >= 4 is 23.3 Å². The van der Waals surface area contributed by atoms with Gasteiger partial charge in [-0.05, 0) is 48.7 Å². The lowest BCUT2D eigenvalue weighted by atomic mass is 10.0. The van der Waals surface area contributed by atoms with Gasteiger partial charge in [-0.25, -0.2) is 4.79 Å². The number of hydrogen-bond acceptors (Lipinski definition) is 1. The maximum absolute atomic E-state index is 13.1. The standard InChI is InChI=1S/C22H22ClN3O/c1-16-9-10-19(18(23)14-16)24-22(27)26-13-12-25-11-5-8-20(25)21(26)15-17-6-3-2-4-7-17/h2-11,14,21H,12-13,15H2,1H3,(H,24,27)/t21-/m1/s1. The molecule has 0 aliphatic carbocycles. The van der Waals surface area contributed by atoms with E-state index in [9.17, 15) is 4.79 Å². The molecule has 0 radical (unpaired) electrons. The van der Waals surface area contributed by atoms with Crippen LogP contribution < -0.4 is 5.32 Å². The predicted molar refractivity (Wildman–Crippen MR) is 109 cm³/mol. The normalized spacial score (nSPS) is 16.1. The fourth-order valence-corrected chi connectivity index (χ4v) is 3.95. The van der Waals surface area contributed by atoms with Crippen molar-refractivity contribution in [3.05, 3.63) is 88.7 Å². The lowest BCUT2D eigenvalue weighted by molar-refractivity contribution is 0.167. The van der Waals surface area contributed by atoms with E-state index in [1.165, 1.54) is 5.56 Å². The van der Waals surface area contributed by atoms with E-state index in [2.05, 4.69) is 34.3 Å². The Morgan fingerprint density at radius 3 is 2.70 bits per heavy atom. The number of rotatable bonds is 3. The number of carbonyl (C=O) groups is 1. The number of fused-ring (bicyclic) bond motifs is 1. The Labute approximate surface area is 164 Å². The van der Waals surface area contributed by atoms with Crippen molar-refractivity contribution in [2.75, 3.05) is 11.9 Å². The molecular weight excluding hydrogens is 358 g/mol. The van der Waals surface area contributed by atoms with Gasteiger partial charge in [0.1, 0.15) is 0 Å². The first kappa shape index (κ1) is 17.7. The Morgan fingerprint density at radius 2 is 1.93 bits per heavy atom.